The van der Waals surface area contributed by atoms with E-state index in [1.807, 2.05) is 18.2 Å². The highest BCUT2D eigenvalue weighted by molar-refractivity contribution is 9.10. The van der Waals surface area contributed by atoms with Crippen molar-refractivity contribution in [3.05, 3.63) is 33.3 Å². The third kappa shape index (κ3) is 6.02. The van der Waals surface area contributed by atoms with E-state index in [9.17, 15) is 4.79 Å². The molecule has 0 fully saturated rings. The number of ether oxygens (including phenoxy) is 1. The number of carbonyl (C=O) groups is 1. The summed E-state index contributed by atoms with van der Waals surface area (Å²) in [5, 5.41) is 3.88. The number of nitrogens with one attached hydrogen (secondary N) is 1. The van der Waals surface area contributed by atoms with Gasteiger partial charge in [0.2, 0.25) is 5.91 Å². The Morgan fingerprint density at radius 1 is 1.53 bits per heavy atom. The Morgan fingerprint density at radius 3 is 2.94 bits per heavy atom. The molecule has 0 atom stereocenters. The second-order valence-corrected chi connectivity index (χ2v) is 4.72. The molecule has 0 aliphatic carbocycles. The highest BCUT2D eigenvalue weighted by Crippen LogP contribution is 2.21. The zero-order valence-corrected chi connectivity index (χ0v) is 11.6. The molecular formula is C11H14BrClN2O2. The zero-order chi connectivity index (χ0) is 12.7. The van der Waals surface area contributed by atoms with Gasteiger partial charge >= 0.3 is 0 Å². The fourth-order valence-corrected chi connectivity index (χ4v) is 2.03. The van der Waals surface area contributed by atoms with Crippen LogP contribution in [0.4, 0.5) is 0 Å². The van der Waals surface area contributed by atoms with Crippen molar-refractivity contribution in [1.82, 2.24) is 5.32 Å². The van der Waals surface area contributed by atoms with Crippen molar-refractivity contribution in [2.75, 3.05) is 19.8 Å². The highest BCUT2D eigenvalue weighted by Gasteiger charge is 2.00. The van der Waals surface area contributed by atoms with Crippen molar-refractivity contribution in [2.45, 2.75) is 6.54 Å². The SMILES string of the molecule is NC(=O)COCCNCc1ccc(Cl)cc1Br. The van der Waals surface area contributed by atoms with Crippen LogP contribution in [0.2, 0.25) is 5.02 Å². The van der Waals surface area contributed by atoms with E-state index in [2.05, 4.69) is 21.2 Å². The Bertz CT molecular complexity index is 388. The predicted molar refractivity (Wildman–Crippen MR) is 70.9 cm³/mol. The van der Waals surface area contributed by atoms with Gasteiger partial charge in [0, 0.05) is 22.6 Å². The summed E-state index contributed by atoms with van der Waals surface area (Å²) >= 11 is 9.27. The summed E-state index contributed by atoms with van der Waals surface area (Å²) in [6, 6.07) is 5.64. The molecule has 0 aliphatic rings. The van der Waals surface area contributed by atoms with Gasteiger partial charge in [-0.2, -0.15) is 0 Å². The van der Waals surface area contributed by atoms with Crippen molar-refractivity contribution in [3.8, 4) is 0 Å². The van der Waals surface area contributed by atoms with E-state index in [0.717, 1.165) is 10.0 Å². The van der Waals surface area contributed by atoms with Gasteiger partial charge in [-0.3, -0.25) is 4.79 Å². The van der Waals surface area contributed by atoms with Crippen molar-refractivity contribution in [2.24, 2.45) is 5.73 Å². The van der Waals surface area contributed by atoms with Gasteiger partial charge in [-0.1, -0.05) is 33.6 Å². The van der Waals surface area contributed by atoms with Crippen LogP contribution in [0, 0.1) is 0 Å². The van der Waals surface area contributed by atoms with E-state index >= 15 is 0 Å². The normalized spacial score (nSPS) is 10.5. The van der Waals surface area contributed by atoms with E-state index < -0.39 is 5.91 Å². The lowest BCUT2D eigenvalue weighted by atomic mass is 10.2. The number of benzene rings is 1. The summed E-state index contributed by atoms with van der Waals surface area (Å²) in [6.45, 7) is 1.78. The molecule has 0 spiro atoms. The van der Waals surface area contributed by atoms with Gasteiger partial charge in [-0.25, -0.2) is 0 Å². The maximum atomic E-state index is 10.4. The van der Waals surface area contributed by atoms with Crippen LogP contribution in [-0.2, 0) is 16.1 Å². The van der Waals surface area contributed by atoms with Crippen LogP contribution in [-0.4, -0.2) is 25.7 Å². The number of rotatable bonds is 7. The van der Waals surface area contributed by atoms with Crippen LogP contribution in [0.15, 0.2) is 22.7 Å². The number of carbonyl (C=O) groups excluding carboxylic acids is 1. The maximum absolute atomic E-state index is 10.4. The first kappa shape index (κ1) is 14.4. The summed E-state index contributed by atoms with van der Waals surface area (Å²) in [6.07, 6.45) is 0. The quantitative estimate of drug-likeness (QED) is 0.751. The van der Waals surface area contributed by atoms with Crippen molar-refractivity contribution in [1.29, 1.82) is 0 Å². The van der Waals surface area contributed by atoms with Gasteiger partial charge < -0.3 is 15.8 Å². The summed E-state index contributed by atoms with van der Waals surface area (Å²) in [5.41, 5.74) is 6.04. The number of nitrogens with two attached hydrogens (primary N) is 1. The lowest BCUT2D eigenvalue weighted by molar-refractivity contribution is -0.122. The summed E-state index contributed by atoms with van der Waals surface area (Å²) in [4.78, 5) is 10.4. The van der Waals surface area contributed by atoms with Crippen LogP contribution < -0.4 is 11.1 Å². The molecule has 4 nitrogen and oxygen atoms in total. The van der Waals surface area contributed by atoms with Crippen molar-refractivity contribution in [3.63, 3.8) is 0 Å². The van der Waals surface area contributed by atoms with Crippen LogP contribution in [0.5, 0.6) is 0 Å². The Labute approximate surface area is 114 Å². The topological polar surface area (TPSA) is 64.4 Å². The number of hydrogen-bond acceptors (Lipinski definition) is 3. The number of amides is 1. The molecule has 3 N–H and O–H groups in total. The van der Waals surface area contributed by atoms with Crippen LogP contribution in [0.1, 0.15) is 5.56 Å². The molecule has 0 saturated carbocycles. The van der Waals surface area contributed by atoms with Gasteiger partial charge in [-0.15, -0.1) is 0 Å². The molecule has 1 aromatic carbocycles. The molecule has 0 unspecified atom stereocenters. The van der Waals surface area contributed by atoms with E-state index in [1.54, 1.807) is 0 Å². The third-order valence-electron chi connectivity index (χ3n) is 2.00. The molecule has 0 heterocycles. The Hall–Kier alpha value is -0.620. The van der Waals surface area contributed by atoms with Crippen LogP contribution in [0.3, 0.4) is 0 Å². The van der Waals surface area contributed by atoms with Crippen molar-refractivity contribution < 1.29 is 9.53 Å². The maximum Gasteiger partial charge on any atom is 0.243 e. The molecule has 1 rings (SSSR count). The lowest BCUT2D eigenvalue weighted by Gasteiger charge is -2.07. The van der Waals surface area contributed by atoms with E-state index in [4.69, 9.17) is 22.1 Å². The fourth-order valence-electron chi connectivity index (χ4n) is 1.21. The van der Waals surface area contributed by atoms with Gasteiger partial charge in [0.05, 0.1) is 6.61 Å². The summed E-state index contributed by atoms with van der Waals surface area (Å²) < 4.78 is 5.98. The second-order valence-electron chi connectivity index (χ2n) is 3.43. The Balaban J connectivity index is 2.20. The molecule has 1 aromatic rings. The minimum absolute atomic E-state index is 0.0354. The van der Waals surface area contributed by atoms with Crippen LogP contribution in [0.25, 0.3) is 0 Å². The largest absolute Gasteiger partial charge is 0.370 e. The minimum Gasteiger partial charge on any atom is -0.370 e. The highest BCUT2D eigenvalue weighted by atomic mass is 79.9. The fraction of sp³-hybridized carbons (Fsp3) is 0.364. The summed E-state index contributed by atoms with van der Waals surface area (Å²) in [7, 11) is 0. The predicted octanol–water partition coefficient (Wildman–Crippen LogP) is 1.69. The molecule has 0 saturated heterocycles. The lowest BCUT2D eigenvalue weighted by Crippen LogP contribution is -2.23. The van der Waals surface area contributed by atoms with E-state index in [1.165, 1.54) is 0 Å². The molecule has 6 heteroatoms. The molecule has 94 valence electrons. The standard InChI is InChI=1S/C11H14BrClN2O2/c12-10-5-9(13)2-1-8(10)6-15-3-4-17-7-11(14)16/h1-2,5,15H,3-4,6-7H2,(H2,14,16). The average Bonchev–Trinajstić information content (AvgIpc) is 2.25. The van der Waals surface area contributed by atoms with Gasteiger partial charge in [0.1, 0.15) is 6.61 Å². The van der Waals surface area contributed by atoms with Crippen LogP contribution >= 0.6 is 27.5 Å². The number of halogens is 2. The monoisotopic (exact) mass is 320 g/mol. The zero-order valence-electron chi connectivity index (χ0n) is 9.21. The first-order valence-electron chi connectivity index (χ1n) is 5.10. The Kier molecular flexibility index (Phi) is 6.50. The van der Waals surface area contributed by atoms with E-state index in [-0.39, 0.29) is 6.61 Å². The molecule has 0 radical (unpaired) electrons. The molecule has 17 heavy (non-hydrogen) atoms. The third-order valence-corrected chi connectivity index (χ3v) is 2.97. The van der Waals surface area contributed by atoms with Crippen molar-refractivity contribution >= 4 is 33.4 Å². The van der Waals surface area contributed by atoms with E-state index in [0.29, 0.717) is 24.7 Å². The molecule has 0 aromatic heterocycles. The Morgan fingerprint density at radius 2 is 2.29 bits per heavy atom. The summed E-state index contributed by atoms with van der Waals surface area (Å²) in [5.74, 6) is -0.453. The number of primary amides is 1. The van der Waals surface area contributed by atoms with Gasteiger partial charge in [0.15, 0.2) is 0 Å². The molecular weight excluding hydrogens is 307 g/mol. The first-order chi connectivity index (χ1) is 8.09. The first-order valence-corrected chi connectivity index (χ1v) is 6.27. The smallest absolute Gasteiger partial charge is 0.243 e. The molecule has 0 bridgehead atoms. The number of hydrogen-bond donors (Lipinski definition) is 2. The van der Waals surface area contributed by atoms with Gasteiger partial charge in [0.25, 0.3) is 0 Å². The molecule has 0 aliphatic heterocycles. The average molecular weight is 322 g/mol. The minimum atomic E-state index is -0.453. The van der Waals surface area contributed by atoms with Gasteiger partial charge in [-0.05, 0) is 17.7 Å². The molecule has 1 amide bonds. The second kappa shape index (κ2) is 7.66.